The number of hydrogen-bond donors (Lipinski definition) is 2. The van der Waals surface area contributed by atoms with Crippen molar-refractivity contribution < 1.29 is 32.3 Å². The molecule has 2 rings (SSSR count). The van der Waals surface area contributed by atoms with Crippen LogP contribution < -0.4 is 5.32 Å². The molecule has 0 aliphatic carbocycles. The number of benzene rings is 1. The monoisotopic (exact) mass is 367 g/mol. The minimum Gasteiger partial charge on any atom is -0.479 e. The number of nitrogens with one attached hydrogen (secondary N) is 1. The maximum Gasteiger partial charge on any atom is 0.334 e. The van der Waals surface area contributed by atoms with Crippen LogP contribution in [0.2, 0.25) is 0 Å². The zero-order valence-corrected chi connectivity index (χ0v) is 14.2. The third kappa shape index (κ3) is 4.68. The molecule has 1 amide bonds. The highest BCUT2D eigenvalue weighted by molar-refractivity contribution is 7.90. The summed E-state index contributed by atoms with van der Waals surface area (Å²) in [5.41, 5.74) is 0.186. The first-order valence-corrected chi connectivity index (χ1v) is 8.88. The number of carbonyl (C=O) groups excluding carboxylic acids is 1. The van der Waals surface area contributed by atoms with Crippen molar-refractivity contribution in [3.05, 3.63) is 54.0 Å². The summed E-state index contributed by atoms with van der Waals surface area (Å²) in [5.74, 6) is -2.54. The highest BCUT2D eigenvalue weighted by atomic mass is 32.2. The van der Waals surface area contributed by atoms with Gasteiger partial charge in [0.15, 0.2) is 21.7 Å². The third-order valence-electron chi connectivity index (χ3n) is 3.41. The Balaban J connectivity index is 2.12. The Hall–Kier alpha value is -2.65. The van der Waals surface area contributed by atoms with Crippen molar-refractivity contribution in [3.8, 4) is 0 Å². The smallest absolute Gasteiger partial charge is 0.334 e. The van der Waals surface area contributed by atoms with Gasteiger partial charge in [-0.05, 0) is 18.2 Å². The van der Waals surface area contributed by atoms with Gasteiger partial charge in [-0.15, -0.1) is 0 Å². The number of carbonyl (C=O) groups is 2. The van der Waals surface area contributed by atoms with E-state index in [4.69, 9.17) is 14.3 Å². The van der Waals surface area contributed by atoms with Crippen LogP contribution >= 0.6 is 0 Å². The Kier molecular flexibility index (Phi) is 5.94. The summed E-state index contributed by atoms with van der Waals surface area (Å²) in [6, 6.07) is 9.22. The number of rotatable bonds is 8. The van der Waals surface area contributed by atoms with Crippen LogP contribution in [-0.4, -0.2) is 45.2 Å². The number of carboxylic acid groups (broad SMARTS) is 1. The van der Waals surface area contributed by atoms with Crippen LogP contribution in [0, 0.1) is 0 Å². The lowest BCUT2D eigenvalue weighted by molar-refractivity contribution is -0.148. The van der Waals surface area contributed by atoms with E-state index in [1.807, 2.05) is 0 Å². The van der Waals surface area contributed by atoms with Crippen LogP contribution in [0.4, 0.5) is 0 Å². The molecule has 1 atom stereocenters. The Morgan fingerprint density at radius 1 is 1.24 bits per heavy atom. The minimum atomic E-state index is -3.65. The fourth-order valence-corrected chi connectivity index (χ4v) is 3.48. The van der Waals surface area contributed by atoms with Gasteiger partial charge >= 0.3 is 5.97 Å². The third-order valence-corrected chi connectivity index (χ3v) is 5.09. The molecule has 0 aliphatic rings. The van der Waals surface area contributed by atoms with E-state index in [0.29, 0.717) is 0 Å². The molecule has 1 aromatic heterocycles. The topological polar surface area (TPSA) is 123 Å². The molecule has 8 nitrogen and oxygen atoms in total. The largest absolute Gasteiger partial charge is 0.479 e. The molecule has 0 aliphatic heterocycles. The van der Waals surface area contributed by atoms with E-state index in [1.165, 1.54) is 31.6 Å². The Labute approximate surface area is 144 Å². The van der Waals surface area contributed by atoms with Crippen LogP contribution in [0.3, 0.4) is 0 Å². The van der Waals surface area contributed by atoms with Gasteiger partial charge in [0.05, 0.1) is 23.5 Å². The normalized spacial score (nSPS) is 12.5. The van der Waals surface area contributed by atoms with Gasteiger partial charge in [0.25, 0.3) is 5.91 Å². The molecule has 0 saturated heterocycles. The summed E-state index contributed by atoms with van der Waals surface area (Å²) in [4.78, 5) is 23.1. The fourth-order valence-electron chi connectivity index (χ4n) is 2.10. The molecule has 25 heavy (non-hydrogen) atoms. The molecule has 2 N–H and O–H groups in total. The zero-order valence-electron chi connectivity index (χ0n) is 13.3. The lowest BCUT2D eigenvalue weighted by Gasteiger charge is -2.11. The lowest BCUT2D eigenvalue weighted by Crippen LogP contribution is -2.38. The van der Waals surface area contributed by atoms with Crippen LogP contribution in [0.1, 0.15) is 16.1 Å². The molecule has 2 aromatic rings. The molecule has 9 heteroatoms. The summed E-state index contributed by atoms with van der Waals surface area (Å²) < 4.78 is 34.6. The van der Waals surface area contributed by atoms with E-state index in [2.05, 4.69) is 5.32 Å². The summed E-state index contributed by atoms with van der Waals surface area (Å²) >= 11 is 0. The van der Waals surface area contributed by atoms with Crippen molar-refractivity contribution in [1.29, 1.82) is 0 Å². The molecule has 0 saturated carbocycles. The number of carboxylic acids is 1. The Morgan fingerprint density at radius 3 is 2.52 bits per heavy atom. The number of ether oxygens (including phenoxy) is 1. The Morgan fingerprint density at radius 2 is 1.92 bits per heavy atom. The summed E-state index contributed by atoms with van der Waals surface area (Å²) in [5, 5.41) is 11.2. The van der Waals surface area contributed by atoms with Gasteiger partial charge in [0.1, 0.15) is 0 Å². The number of aliphatic carboxylic acids is 1. The van der Waals surface area contributed by atoms with E-state index in [0.717, 1.165) is 0 Å². The van der Waals surface area contributed by atoms with Crippen LogP contribution in [-0.2, 0) is 25.1 Å². The average molecular weight is 367 g/mol. The first-order chi connectivity index (χ1) is 11.8. The highest BCUT2D eigenvalue weighted by Gasteiger charge is 2.24. The molecule has 1 heterocycles. The van der Waals surface area contributed by atoms with E-state index in [-0.39, 0.29) is 22.8 Å². The molecule has 134 valence electrons. The maximum atomic E-state index is 12.4. The van der Waals surface area contributed by atoms with Gasteiger partial charge < -0.3 is 19.6 Å². The second kappa shape index (κ2) is 7.95. The van der Waals surface area contributed by atoms with Crippen molar-refractivity contribution in [3.63, 3.8) is 0 Å². The molecule has 0 bridgehead atoms. The van der Waals surface area contributed by atoms with Gasteiger partial charge in [-0.2, -0.15) is 0 Å². The standard InChI is InChI=1S/C16H17NO7S/c1-23-13(16(19)20)9-17-15(18)14-11(7-8-24-14)10-25(21,22)12-5-3-2-4-6-12/h2-8,13H,9-10H2,1H3,(H,17,18)(H,19,20). The minimum absolute atomic E-state index is 0.132. The van der Waals surface area contributed by atoms with Crippen LogP contribution in [0.25, 0.3) is 0 Å². The SMILES string of the molecule is COC(CNC(=O)c1occc1CS(=O)(=O)c1ccccc1)C(=O)O. The van der Waals surface area contributed by atoms with Crippen molar-refractivity contribution >= 4 is 21.7 Å². The van der Waals surface area contributed by atoms with Gasteiger partial charge in [-0.3, -0.25) is 4.79 Å². The predicted molar refractivity (Wildman–Crippen MR) is 86.8 cm³/mol. The molecule has 1 aromatic carbocycles. The van der Waals surface area contributed by atoms with E-state index in [9.17, 15) is 18.0 Å². The summed E-state index contributed by atoms with van der Waals surface area (Å²) in [7, 11) is -2.44. The summed E-state index contributed by atoms with van der Waals surface area (Å²) in [6.07, 6.45) is -0.00845. The van der Waals surface area contributed by atoms with Crippen molar-refractivity contribution in [2.45, 2.75) is 16.8 Å². The van der Waals surface area contributed by atoms with Crippen molar-refractivity contribution in [1.82, 2.24) is 5.32 Å². The molecule has 0 fully saturated rings. The molecule has 0 radical (unpaired) electrons. The van der Waals surface area contributed by atoms with Crippen LogP contribution in [0.5, 0.6) is 0 Å². The zero-order chi connectivity index (χ0) is 18.4. The van der Waals surface area contributed by atoms with Gasteiger partial charge in [-0.1, -0.05) is 18.2 Å². The fraction of sp³-hybridized carbons (Fsp3) is 0.250. The maximum absolute atomic E-state index is 12.4. The number of sulfone groups is 1. The quantitative estimate of drug-likeness (QED) is 0.716. The number of hydrogen-bond acceptors (Lipinski definition) is 6. The molecular formula is C16H17NO7S. The second-order valence-electron chi connectivity index (χ2n) is 5.12. The Bertz CT molecular complexity index is 842. The predicted octanol–water partition coefficient (Wildman–Crippen LogP) is 1.08. The lowest BCUT2D eigenvalue weighted by atomic mass is 10.2. The molecule has 0 spiro atoms. The first kappa shape index (κ1) is 18.7. The van der Waals surface area contributed by atoms with E-state index in [1.54, 1.807) is 18.2 Å². The number of methoxy groups -OCH3 is 1. The summed E-state index contributed by atoms with van der Waals surface area (Å²) in [6.45, 7) is -0.282. The average Bonchev–Trinajstić information content (AvgIpc) is 3.03. The molecule has 1 unspecified atom stereocenters. The number of amides is 1. The highest BCUT2D eigenvalue weighted by Crippen LogP contribution is 2.19. The van der Waals surface area contributed by atoms with Crippen LogP contribution in [0.15, 0.2) is 52.0 Å². The van der Waals surface area contributed by atoms with Crippen molar-refractivity contribution in [2.75, 3.05) is 13.7 Å². The number of furan rings is 1. The van der Waals surface area contributed by atoms with Gasteiger partial charge in [-0.25, -0.2) is 13.2 Å². The first-order valence-electron chi connectivity index (χ1n) is 7.23. The van der Waals surface area contributed by atoms with Crippen molar-refractivity contribution in [2.24, 2.45) is 0 Å². The molecular weight excluding hydrogens is 350 g/mol. The second-order valence-corrected chi connectivity index (χ2v) is 7.11. The van der Waals surface area contributed by atoms with E-state index < -0.39 is 33.6 Å². The van der Waals surface area contributed by atoms with E-state index >= 15 is 0 Å². The van der Waals surface area contributed by atoms with Gasteiger partial charge in [0.2, 0.25) is 0 Å². The van der Waals surface area contributed by atoms with Gasteiger partial charge in [0, 0.05) is 12.7 Å².